The lowest BCUT2D eigenvalue weighted by Crippen LogP contribution is -2.48. The van der Waals surface area contributed by atoms with Crippen LogP contribution in [0.15, 0.2) is 34.8 Å². The van der Waals surface area contributed by atoms with Gasteiger partial charge in [0.05, 0.1) is 6.20 Å². The van der Waals surface area contributed by atoms with Gasteiger partial charge in [0, 0.05) is 38.6 Å². The van der Waals surface area contributed by atoms with Crippen molar-refractivity contribution in [2.75, 3.05) is 31.3 Å². The lowest BCUT2D eigenvalue weighted by Gasteiger charge is -2.26. The predicted molar refractivity (Wildman–Crippen MR) is 138 cm³/mol. The van der Waals surface area contributed by atoms with E-state index in [1.54, 1.807) is 31.3 Å². The van der Waals surface area contributed by atoms with Crippen LogP contribution < -0.4 is 15.4 Å². The van der Waals surface area contributed by atoms with Crippen molar-refractivity contribution in [3.05, 3.63) is 41.7 Å². The predicted octanol–water partition coefficient (Wildman–Crippen LogP) is 1.48. The number of pyridine rings is 1. The molecule has 4 rings (SSSR count). The Kier molecular flexibility index (Phi) is 7.16. The van der Waals surface area contributed by atoms with Gasteiger partial charge in [0.15, 0.2) is 9.34 Å². The van der Waals surface area contributed by atoms with Crippen LogP contribution in [0.25, 0.3) is 10.8 Å². The molecule has 4 N–H and O–H groups in total. The Morgan fingerprint density at radius 1 is 1.33 bits per heavy atom. The number of carbonyl (C=O) groups excluding carboxylic acids is 1. The Bertz CT molecular complexity index is 1420. The Hall–Kier alpha value is -3.29. The topological polar surface area (TPSA) is 159 Å². The molecule has 3 aromatic rings. The molecule has 0 spiro atoms. The van der Waals surface area contributed by atoms with Crippen LogP contribution in [0.4, 0.5) is 10.9 Å². The number of nitrogen functional groups attached to an aromatic ring is 1. The second kappa shape index (κ2) is 9.99. The number of hydrogen-bond donors (Lipinski definition) is 3. The van der Waals surface area contributed by atoms with E-state index in [0.717, 1.165) is 33.2 Å². The third-order valence-corrected chi connectivity index (χ3v) is 9.33. The molecule has 2 aromatic heterocycles. The molecule has 0 aliphatic carbocycles. The Labute approximate surface area is 213 Å². The van der Waals surface area contributed by atoms with Crippen LogP contribution in [0.2, 0.25) is 0 Å². The minimum Gasteiger partial charge on any atom is -0.480 e. The van der Waals surface area contributed by atoms with Crippen molar-refractivity contribution < 1.29 is 23.1 Å². The van der Waals surface area contributed by atoms with E-state index in [0.29, 0.717) is 17.4 Å². The minimum absolute atomic E-state index is 0.00949. The van der Waals surface area contributed by atoms with Gasteiger partial charge in [-0.15, -0.1) is 0 Å². The number of nitrogens with zero attached hydrogens (tertiary/aromatic N) is 4. The van der Waals surface area contributed by atoms with Gasteiger partial charge in [-0.25, -0.2) is 23.2 Å². The standard InChI is InChI=1S/C23H28N6O5S2/c1-4-13-10-16-14(5-7-25-20(16)24)9-15(13)11-18(22(31)32)29-8-6-17(21(29)30)27-36(33,34)19-12-26-23(35-19)28(2)3/h5,7,9-10,12,17-18,27H,4,6,8,11H2,1-3H3,(H2,24,25)(H,31,32). The molecular weight excluding hydrogens is 504 g/mol. The molecule has 1 amide bonds. The fraction of sp³-hybridized carbons (Fsp3) is 0.391. The first-order valence-electron chi connectivity index (χ1n) is 11.4. The number of amides is 1. The number of sulfonamides is 1. The molecular formula is C23H28N6O5S2. The molecule has 0 saturated carbocycles. The van der Waals surface area contributed by atoms with Gasteiger partial charge in [-0.3, -0.25) is 4.79 Å². The molecule has 11 nitrogen and oxygen atoms in total. The van der Waals surface area contributed by atoms with Crippen molar-refractivity contribution in [2.45, 2.75) is 42.5 Å². The van der Waals surface area contributed by atoms with Gasteiger partial charge >= 0.3 is 5.97 Å². The minimum atomic E-state index is -3.99. The molecule has 13 heteroatoms. The SMILES string of the molecule is CCc1cc2c(N)nccc2cc1CC(C(=O)O)N1CCC(NS(=O)(=O)c2cnc(N(C)C)s2)C1=O. The smallest absolute Gasteiger partial charge is 0.326 e. The number of fused-ring (bicyclic) bond motifs is 1. The van der Waals surface area contributed by atoms with Gasteiger partial charge in [-0.05, 0) is 41.5 Å². The molecule has 1 fully saturated rings. The summed E-state index contributed by atoms with van der Waals surface area (Å²) in [6.07, 6.45) is 3.73. The van der Waals surface area contributed by atoms with Crippen LogP contribution in [0.5, 0.6) is 0 Å². The average Bonchev–Trinajstić information content (AvgIpc) is 3.46. The summed E-state index contributed by atoms with van der Waals surface area (Å²) in [4.78, 5) is 36.5. The molecule has 3 heterocycles. The molecule has 36 heavy (non-hydrogen) atoms. The van der Waals surface area contributed by atoms with Crippen LogP contribution in [-0.2, 0) is 32.5 Å². The number of likely N-dealkylation sites (tertiary alicyclic amines) is 1. The Morgan fingerprint density at radius 3 is 2.72 bits per heavy atom. The van der Waals surface area contributed by atoms with Crippen LogP contribution in [0.1, 0.15) is 24.5 Å². The number of hydrogen-bond acceptors (Lipinski definition) is 9. The van der Waals surface area contributed by atoms with E-state index in [2.05, 4.69) is 14.7 Å². The second-order valence-corrected chi connectivity index (χ2v) is 11.8. The molecule has 2 atom stereocenters. The molecule has 1 aliphatic heterocycles. The first kappa shape index (κ1) is 25.8. The largest absolute Gasteiger partial charge is 0.480 e. The summed E-state index contributed by atoms with van der Waals surface area (Å²) in [5, 5.41) is 12.1. The second-order valence-electron chi connectivity index (χ2n) is 8.80. The van der Waals surface area contributed by atoms with E-state index in [1.807, 2.05) is 19.1 Å². The number of aromatic nitrogens is 2. The molecule has 192 valence electrons. The number of carboxylic acid groups (broad SMARTS) is 1. The van der Waals surface area contributed by atoms with E-state index < -0.39 is 34.0 Å². The molecule has 1 aliphatic rings. The van der Waals surface area contributed by atoms with E-state index in [9.17, 15) is 23.1 Å². The van der Waals surface area contributed by atoms with Crippen molar-refractivity contribution in [2.24, 2.45) is 0 Å². The van der Waals surface area contributed by atoms with Crippen molar-refractivity contribution >= 4 is 55.0 Å². The van der Waals surface area contributed by atoms with Gasteiger partial charge < -0.3 is 20.6 Å². The summed E-state index contributed by atoms with van der Waals surface area (Å²) in [6.45, 7) is 2.08. The highest BCUT2D eigenvalue weighted by atomic mass is 32.2. The number of rotatable bonds is 9. The summed E-state index contributed by atoms with van der Waals surface area (Å²) < 4.78 is 28.1. The third-order valence-electron chi connectivity index (χ3n) is 6.23. The Morgan fingerprint density at radius 2 is 2.08 bits per heavy atom. The first-order valence-corrected chi connectivity index (χ1v) is 13.7. The van der Waals surface area contributed by atoms with Gasteiger partial charge in [0.25, 0.3) is 10.0 Å². The van der Waals surface area contributed by atoms with Crippen molar-refractivity contribution in [1.29, 1.82) is 0 Å². The highest BCUT2D eigenvalue weighted by Gasteiger charge is 2.41. The summed E-state index contributed by atoms with van der Waals surface area (Å²) in [7, 11) is -0.493. The maximum atomic E-state index is 13.2. The quantitative estimate of drug-likeness (QED) is 0.371. The van der Waals surface area contributed by atoms with Gasteiger partial charge in [-0.2, -0.15) is 4.72 Å². The molecule has 1 saturated heterocycles. The van der Waals surface area contributed by atoms with Gasteiger partial charge in [-0.1, -0.05) is 24.3 Å². The molecule has 1 aromatic carbocycles. The Balaban J connectivity index is 1.56. The number of nitrogens with one attached hydrogen (secondary N) is 1. The number of thiazole rings is 1. The number of carboxylic acids is 1. The molecule has 2 unspecified atom stereocenters. The first-order chi connectivity index (χ1) is 17.0. The molecule has 0 radical (unpaired) electrons. The van der Waals surface area contributed by atoms with Crippen LogP contribution >= 0.6 is 11.3 Å². The summed E-state index contributed by atoms with van der Waals surface area (Å²) in [5.74, 6) is -1.32. The zero-order valence-electron chi connectivity index (χ0n) is 20.1. The lowest BCUT2D eigenvalue weighted by molar-refractivity contribution is -0.148. The summed E-state index contributed by atoms with van der Waals surface area (Å²) in [6, 6.07) is 3.41. The third kappa shape index (κ3) is 4.99. The maximum Gasteiger partial charge on any atom is 0.326 e. The zero-order chi connectivity index (χ0) is 26.2. The number of aliphatic carboxylic acids is 1. The van der Waals surface area contributed by atoms with Crippen molar-refractivity contribution in [3.8, 4) is 0 Å². The number of nitrogens with two attached hydrogens (primary N) is 1. The maximum absolute atomic E-state index is 13.2. The van der Waals surface area contributed by atoms with E-state index in [4.69, 9.17) is 5.73 Å². The fourth-order valence-electron chi connectivity index (χ4n) is 4.34. The van der Waals surface area contributed by atoms with Crippen LogP contribution in [0, 0.1) is 0 Å². The summed E-state index contributed by atoms with van der Waals surface area (Å²) in [5.41, 5.74) is 7.71. The average molecular weight is 533 g/mol. The van der Waals surface area contributed by atoms with E-state index in [1.165, 1.54) is 11.1 Å². The number of aryl methyl sites for hydroxylation is 1. The van der Waals surface area contributed by atoms with Gasteiger partial charge in [0.1, 0.15) is 17.9 Å². The lowest BCUT2D eigenvalue weighted by atomic mass is 9.94. The number of anilines is 2. The van der Waals surface area contributed by atoms with Crippen LogP contribution in [-0.4, -0.2) is 73.0 Å². The van der Waals surface area contributed by atoms with Crippen LogP contribution in [0.3, 0.4) is 0 Å². The highest BCUT2D eigenvalue weighted by Crippen LogP contribution is 2.28. The number of carbonyl (C=O) groups is 2. The van der Waals surface area contributed by atoms with Crippen molar-refractivity contribution in [3.63, 3.8) is 0 Å². The fourth-order valence-corrected chi connectivity index (χ4v) is 6.62. The highest BCUT2D eigenvalue weighted by molar-refractivity contribution is 7.91. The monoisotopic (exact) mass is 532 g/mol. The van der Waals surface area contributed by atoms with E-state index >= 15 is 0 Å². The normalized spacial score (nSPS) is 17.0. The molecule has 0 bridgehead atoms. The summed E-state index contributed by atoms with van der Waals surface area (Å²) >= 11 is 0.984. The van der Waals surface area contributed by atoms with Gasteiger partial charge in [0.2, 0.25) is 5.91 Å². The number of benzene rings is 1. The zero-order valence-corrected chi connectivity index (χ0v) is 21.8. The van der Waals surface area contributed by atoms with Crippen molar-refractivity contribution in [1.82, 2.24) is 19.6 Å². The van der Waals surface area contributed by atoms with E-state index in [-0.39, 0.29) is 23.6 Å².